The van der Waals surface area contributed by atoms with Gasteiger partial charge in [-0.3, -0.25) is 0 Å². The van der Waals surface area contributed by atoms with Crippen LogP contribution in [0.3, 0.4) is 0 Å². The number of unbranched alkanes of at least 4 members (excludes halogenated alkanes) is 3. The van der Waals surface area contributed by atoms with Crippen LogP contribution in [0.4, 0.5) is 11.5 Å². The zero-order valence-electron chi connectivity index (χ0n) is 10.9. The number of nitrogens with one attached hydrogen (secondary N) is 1. The van der Waals surface area contributed by atoms with E-state index >= 15 is 0 Å². The number of rotatable bonds is 7. The van der Waals surface area contributed by atoms with E-state index in [1.165, 1.54) is 19.3 Å². The lowest BCUT2D eigenvalue weighted by Crippen LogP contribution is -2.09. The molecule has 0 saturated heterocycles. The zero-order valence-corrected chi connectivity index (χ0v) is 11.6. The topological polar surface area (TPSA) is 63.8 Å². The molecule has 0 aromatic carbocycles. The van der Waals surface area contributed by atoms with E-state index in [4.69, 9.17) is 17.3 Å². The number of halogens is 1. The molecular formula is C13H21ClN4. The quantitative estimate of drug-likeness (QED) is 0.586. The molecule has 0 amide bonds. The molecule has 1 aliphatic rings. The van der Waals surface area contributed by atoms with Crippen LogP contribution in [0.2, 0.25) is 5.15 Å². The number of nitrogen functional groups attached to an aromatic ring is 1. The first-order valence-electron chi connectivity index (χ1n) is 6.79. The Morgan fingerprint density at radius 2 is 2.06 bits per heavy atom. The second-order valence-corrected chi connectivity index (χ2v) is 5.25. The summed E-state index contributed by atoms with van der Waals surface area (Å²) >= 11 is 6.04. The standard InChI is InChI=1S/C13H21ClN4/c1-2-3-4-5-8-16-13-10(15)11(14)17-12(18-13)9-6-7-9/h9H,2-8,15H2,1H3,(H,16,17,18). The molecule has 5 heteroatoms. The van der Waals surface area contributed by atoms with Gasteiger partial charge < -0.3 is 11.1 Å². The molecule has 0 spiro atoms. The summed E-state index contributed by atoms with van der Waals surface area (Å²) in [6.45, 7) is 3.10. The predicted molar refractivity (Wildman–Crippen MR) is 76.1 cm³/mol. The molecule has 1 saturated carbocycles. The summed E-state index contributed by atoms with van der Waals surface area (Å²) in [5.74, 6) is 2.03. The average Bonchev–Trinajstić information content (AvgIpc) is 3.18. The lowest BCUT2D eigenvalue weighted by Gasteiger charge is -2.10. The van der Waals surface area contributed by atoms with Gasteiger partial charge in [-0.25, -0.2) is 9.97 Å². The van der Waals surface area contributed by atoms with Crippen molar-refractivity contribution in [2.45, 2.75) is 51.4 Å². The lowest BCUT2D eigenvalue weighted by molar-refractivity contribution is 0.684. The van der Waals surface area contributed by atoms with Crippen LogP contribution >= 0.6 is 11.6 Å². The summed E-state index contributed by atoms with van der Waals surface area (Å²) in [6, 6.07) is 0. The Labute approximate surface area is 113 Å². The third-order valence-electron chi connectivity index (χ3n) is 3.18. The van der Waals surface area contributed by atoms with Gasteiger partial charge in [0.1, 0.15) is 11.5 Å². The maximum atomic E-state index is 6.04. The van der Waals surface area contributed by atoms with Crippen molar-refractivity contribution in [2.24, 2.45) is 0 Å². The minimum Gasteiger partial charge on any atom is -0.393 e. The second-order valence-electron chi connectivity index (χ2n) is 4.90. The summed E-state index contributed by atoms with van der Waals surface area (Å²) in [7, 11) is 0. The number of anilines is 2. The number of nitrogens with two attached hydrogens (primary N) is 1. The fourth-order valence-electron chi connectivity index (χ4n) is 1.88. The molecule has 1 fully saturated rings. The molecule has 0 aliphatic heterocycles. The molecule has 3 N–H and O–H groups in total. The van der Waals surface area contributed by atoms with Gasteiger partial charge in [0.2, 0.25) is 0 Å². The van der Waals surface area contributed by atoms with E-state index in [1.54, 1.807) is 0 Å². The lowest BCUT2D eigenvalue weighted by atomic mass is 10.2. The highest BCUT2D eigenvalue weighted by atomic mass is 35.5. The van der Waals surface area contributed by atoms with Gasteiger partial charge in [0.25, 0.3) is 0 Å². The van der Waals surface area contributed by atoms with Gasteiger partial charge in [-0.05, 0) is 19.3 Å². The smallest absolute Gasteiger partial charge is 0.157 e. The van der Waals surface area contributed by atoms with Crippen molar-refractivity contribution in [3.8, 4) is 0 Å². The van der Waals surface area contributed by atoms with E-state index in [0.717, 1.165) is 31.6 Å². The highest BCUT2D eigenvalue weighted by Gasteiger charge is 2.28. The van der Waals surface area contributed by atoms with Crippen LogP contribution in [0, 0.1) is 0 Å². The van der Waals surface area contributed by atoms with Crippen molar-refractivity contribution < 1.29 is 0 Å². The second kappa shape index (κ2) is 6.23. The van der Waals surface area contributed by atoms with E-state index in [2.05, 4.69) is 22.2 Å². The van der Waals surface area contributed by atoms with Crippen molar-refractivity contribution in [3.63, 3.8) is 0 Å². The van der Waals surface area contributed by atoms with Crippen LogP contribution < -0.4 is 11.1 Å². The minimum absolute atomic E-state index is 0.378. The summed E-state index contributed by atoms with van der Waals surface area (Å²) < 4.78 is 0. The van der Waals surface area contributed by atoms with E-state index < -0.39 is 0 Å². The molecule has 0 radical (unpaired) electrons. The van der Waals surface area contributed by atoms with Crippen LogP contribution in [0.25, 0.3) is 0 Å². The summed E-state index contributed by atoms with van der Waals surface area (Å²) in [5, 5.41) is 3.65. The molecular weight excluding hydrogens is 248 g/mol. The Bertz CT molecular complexity index is 404. The maximum Gasteiger partial charge on any atom is 0.157 e. The summed E-state index contributed by atoms with van der Waals surface area (Å²) in [5.41, 5.74) is 6.36. The molecule has 1 aromatic rings. The Kier molecular flexibility index (Phi) is 4.64. The van der Waals surface area contributed by atoms with E-state index in [-0.39, 0.29) is 0 Å². The largest absolute Gasteiger partial charge is 0.393 e. The van der Waals surface area contributed by atoms with Gasteiger partial charge in [0.15, 0.2) is 11.0 Å². The van der Waals surface area contributed by atoms with Crippen molar-refractivity contribution in [1.29, 1.82) is 0 Å². The molecule has 1 aliphatic carbocycles. The van der Waals surface area contributed by atoms with Gasteiger partial charge in [0, 0.05) is 12.5 Å². The number of nitrogens with zero attached hydrogens (tertiary/aromatic N) is 2. The Balaban J connectivity index is 1.93. The minimum atomic E-state index is 0.378. The molecule has 1 aromatic heterocycles. The SMILES string of the molecule is CCCCCCNc1nc(C2CC2)nc(Cl)c1N. The van der Waals surface area contributed by atoms with Crippen LogP contribution in [-0.2, 0) is 0 Å². The first kappa shape index (κ1) is 13.4. The Hall–Kier alpha value is -1.03. The van der Waals surface area contributed by atoms with Crippen molar-refractivity contribution in [1.82, 2.24) is 9.97 Å². The van der Waals surface area contributed by atoms with Crippen molar-refractivity contribution in [3.05, 3.63) is 11.0 Å². The number of hydrogen-bond acceptors (Lipinski definition) is 4. The Morgan fingerprint density at radius 1 is 1.28 bits per heavy atom. The molecule has 1 heterocycles. The fraction of sp³-hybridized carbons (Fsp3) is 0.692. The van der Waals surface area contributed by atoms with E-state index in [0.29, 0.717) is 22.6 Å². The van der Waals surface area contributed by atoms with E-state index in [9.17, 15) is 0 Å². The van der Waals surface area contributed by atoms with Gasteiger partial charge >= 0.3 is 0 Å². The van der Waals surface area contributed by atoms with Crippen LogP contribution in [0.1, 0.15) is 57.2 Å². The first-order valence-corrected chi connectivity index (χ1v) is 7.17. The van der Waals surface area contributed by atoms with Crippen molar-refractivity contribution >= 4 is 23.1 Å². The number of hydrogen-bond donors (Lipinski definition) is 2. The zero-order chi connectivity index (χ0) is 13.0. The summed E-state index contributed by atoms with van der Waals surface area (Å²) in [6.07, 6.45) is 7.21. The highest BCUT2D eigenvalue weighted by Crippen LogP contribution is 2.40. The van der Waals surface area contributed by atoms with E-state index in [1.807, 2.05) is 0 Å². The normalized spacial score (nSPS) is 14.8. The first-order chi connectivity index (χ1) is 8.72. The van der Waals surface area contributed by atoms with Crippen LogP contribution in [0.15, 0.2) is 0 Å². The van der Waals surface area contributed by atoms with Gasteiger partial charge in [-0.2, -0.15) is 0 Å². The van der Waals surface area contributed by atoms with Gasteiger partial charge in [-0.15, -0.1) is 0 Å². The molecule has 18 heavy (non-hydrogen) atoms. The molecule has 0 bridgehead atoms. The third-order valence-corrected chi connectivity index (χ3v) is 3.47. The van der Waals surface area contributed by atoms with Crippen LogP contribution in [-0.4, -0.2) is 16.5 Å². The molecule has 4 nitrogen and oxygen atoms in total. The number of aromatic nitrogens is 2. The fourth-order valence-corrected chi connectivity index (χ4v) is 2.05. The molecule has 0 atom stereocenters. The van der Waals surface area contributed by atoms with Gasteiger partial charge in [0.05, 0.1) is 0 Å². The van der Waals surface area contributed by atoms with Crippen LogP contribution in [0.5, 0.6) is 0 Å². The molecule has 100 valence electrons. The monoisotopic (exact) mass is 268 g/mol. The Morgan fingerprint density at radius 3 is 2.72 bits per heavy atom. The maximum absolute atomic E-state index is 6.04. The average molecular weight is 269 g/mol. The molecule has 0 unspecified atom stereocenters. The summed E-state index contributed by atoms with van der Waals surface area (Å²) in [4.78, 5) is 8.72. The highest BCUT2D eigenvalue weighted by molar-refractivity contribution is 6.32. The third kappa shape index (κ3) is 3.48. The van der Waals surface area contributed by atoms with Gasteiger partial charge in [-0.1, -0.05) is 37.8 Å². The van der Waals surface area contributed by atoms with Crippen molar-refractivity contribution in [2.75, 3.05) is 17.6 Å². The molecule has 2 rings (SSSR count). The predicted octanol–water partition coefficient (Wildman–Crippen LogP) is 3.58.